The number of nitro groups is 1. The Morgan fingerprint density at radius 1 is 1.25 bits per heavy atom. The van der Waals surface area contributed by atoms with Gasteiger partial charge in [0.05, 0.1) is 4.92 Å². The molecule has 124 valence electrons. The summed E-state index contributed by atoms with van der Waals surface area (Å²) in [5.41, 5.74) is 2.76. The van der Waals surface area contributed by atoms with E-state index in [4.69, 9.17) is 0 Å². The summed E-state index contributed by atoms with van der Waals surface area (Å²) in [7, 11) is 0. The van der Waals surface area contributed by atoms with Gasteiger partial charge in [0.15, 0.2) is 0 Å². The lowest BCUT2D eigenvalue weighted by Crippen LogP contribution is -2.39. The van der Waals surface area contributed by atoms with E-state index in [9.17, 15) is 14.9 Å². The van der Waals surface area contributed by atoms with E-state index < -0.39 is 4.92 Å². The van der Waals surface area contributed by atoms with Crippen molar-refractivity contribution in [3.63, 3.8) is 0 Å². The number of nitro benzene ring substituents is 1. The number of amides is 1. The predicted molar refractivity (Wildman–Crippen MR) is 91.7 cm³/mol. The maximum absolute atomic E-state index is 12.6. The standard InChI is InChI=1S/C18H19N3O3/c1-13-18(22)20(10-9-14-5-3-2-4-6-14)12-15-11-16(21(23)24)7-8-17(15)19-13/h2-8,11,13,19H,9-10,12H2,1H3. The fourth-order valence-electron chi connectivity index (χ4n) is 2.92. The van der Waals surface area contributed by atoms with Crippen molar-refractivity contribution in [3.05, 3.63) is 69.8 Å². The van der Waals surface area contributed by atoms with Crippen LogP contribution in [-0.4, -0.2) is 28.3 Å². The average molecular weight is 325 g/mol. The van der Waals surface area contributed by atoms with E-state index in [1.165, 1.54) is 6.07 Å². The average Bonchev–Trinajstić information content (AvgIpc) is 2.70. The van der Waals surface area contributed by atoms with Gasteiger partial charge in [-0.25, -0.2) is 0 Å². The highest BCUT2D eigenvalue weighted by atomic mass is 16.6. The summed E-state index contributed by atoms with van der Waals surface area (Å²) in [5.74, 6) is 0.00443. The molecule has 6 nitrogen and oxygen atoms in total. The second-order valence-electron chi connectivity index (χ2n) is 5.96. The Morgan fingerprint density at radius 2 is 2.00 bits per heavy atom. The number of non-ortho nitro benzene ring substituents is 1. The van der Waals surface area contributed by atoms with Gasteiger partial charge in [-0.1, -0.05) is 30.3 Å². The zero-order chi connectivity index (χ0) is 17.1. The van der Waals surface area contributed by atoms with Gasteiger partial charge in [0, 0.05) is 36.5 Å². The Labute approximate surface area is 140 Å². The number of fused-ring (bicyclic) bond motifs is 1. The van der Waals surface area contributed by atoms with Crippen LogP contribution in [0.25, 0.3) is 0 Å². The normalized spacial score (nSPS) is 17.0. The molecule has 1 N–H and O–H groups in total. The molecule has 0 saturated heterocycles. The molecular formula is C18H19N3O3. The van der Waals surface area contributed by atoms with Crippen molar-refractivity contribution < 1.29 is 9.72 Å². The van der Waals surface area contributed by atoms with Gasteiger partial charge in [-0.2, -0.15) is 0 Å². The highest BCUT2D eigenvalue weighted by molar-refractivity contribution is 5.86. The van der Waals surface area contributed by atoms with Crippen molar-refractivity contribution in [2.75, 3.05) is 11.9 Å². The monoisotopic (exact) mass is 325 g/mol. The van der Waals surface area contributed by atoms with Gasteiger partial charge in [0.2, 0.25) is 5.91 Å². The first-order chi connectivity index (χ1) is 11.5. The fraction of sp³-hybridized carbons (Fsp3) is 0.278. The molecule has 0 aromatic heterocycles. The minimum atomic E-state index is -0.412. The molecule has 0 radical (unpaired) electrons. The summed E-state index contributed by atoms with van der Waals surface area (Å²) in [6.45, 7) is 2.77. The lowest BCUT2D eigenvalue weighted by Gasteiger charge is -2.22. The van der Waals surface area contributed by atoms with E-state index in [-0.39, 0.29) is 17.6 Å². The second kappa shape index (κ2) is 6.70. The topological polar surface area (TPSA) is 75.5 Å². The summed E-state index contributed by atoms with van der Waals surface area (Å²) < 4.78 is 0. The van der Waals surface area contributed by atoms with Gasteiger partial charge in [-0.15, -0.1) is 0 Å². The molecule has 1 amide bonds. The molecule has 1 atom stereocenters. The third kappa shape index (κ3) is 3.37. The number of anilines is 1. The van der Waals surface area contributed by atoms with E-state index in [0.29, 0.717) is 13.1 Å². The number of hydrogen-bond donors (Lipinski definition) is 1. The van der Waals surface area contributed by atoms with Crippen LogP contribution < -0.4 is 5.32 Å². The number of carbonyl (C=O) groups is 1. The molecule has 6 heteroatoms. The molecule has 3 rings (SSSR count). The van der Waals surface area contributed by atoms with Crippen molar-refractivity contribution in [1.82, 2.24) is 4.90 Å². The fourth-order valence-corrected chi connectivity index (χ4v) is 2.92. The smallest absolute Gasteiger partial charge is 0.269 e. The van der Waals surface area contributed by atoms with Crippen LogP contribution in [0.1, 0.15) is 18.1 Å². The first-order valence-electron chi connectivity index (χ1n) is 7.91. The van der Waals surface area contributed by atoms with Crippen LogP contribution in [0.5, 0.6) is 0 Å². The number of nitrogens with zero attached hydrogens (tertiary/aromatic N) is 2. The molecule has 0 aliphatic carbocycles. The van der Waals surface area contributed by atoms with E-state index in [1.54, 1.807) is 17.0 Å². The summed E-state index contributed by atoms with van der Waals surface area (Å²) in [4.78, 5) is 24.9. The van der Waals surface area contributed by atoms with Crippen molar-refractivity contribution >= 4 is 17.3 Å². The van der Waals surface area contributed by atoms with Gasteiger partial charge >= 0.3 is 0 Å². The third-order valence-corrected chi connectivity index (χ3v) is 4.23. The van der Waals surface area contributed by atoms with Gasteiger partial charge in [0.1, 0.15) is 6.04 Å². The SMILES string of the molecule is CC1Nc2ccc([N+](=O)[O-])cc2CN(CCc2ccccc2)C1=O. The Kier molecular flexibility index (Phi) is 4.46. The van der Waals surface area contributed by atoms with Crippen molar-refractivity contribution in [2.45, 2.75) is 25.9 Å². The van der Waals surface area contributed by atoms with E-state index in [1.807, 2.05) is 37.3 Å². The van der Waals surface area contributed by atoms with Crippen LogP contribution in [0.15, 0.2) is 48.5 Å². The van der Waals surface area contributed by atoms with E-state index >= 15 is 0 Å². The highest BCUT2D eigenvalue weighted by Crippen LogP contribution is 2.27. The largest absolute Gasteiger partial charge is 0.374 e. The van der Waals surface area contributed by atoms with E-state index in [0.717, 1.165) is 23.2 Å². The van der Waals surface area contributed by atoms with Gasteiger partial charge in [0.25, 0.3) is 5.69 Å². The molecular weight excluding hydrogens is 306 g/mol. The second-order valence-corrected chi connectivity index (χ2v) is 5.96. The van der Waals surface area contributed by atoms with Crippen molar-refractivity contribution in [2.24, 2.45) is 0 Å². The number of carbonyl (C=O) groups excluding carboxylic acids is 1. The van der Waals surface area contributed by atoms with Crippen molar-refractivity contribution in [1.29, 1.82) is 0 Å². The van der Waals surface area contributed by atoms with Gasteiger partial charge in [-0.3, -0.25) is 14.9 Å². The van der Waals surface area contributed by atoms with Crippen LogP contribution in [0.3, 0.4) is 0 Å². The zero-order valence-electron chi connectivity index (χ0n) is 13.4. The minimum absolute atomic E-state index is 0.00443. The lowest BCUT2D eigenvalue weighted by atomic mass is 10.1. The molecule has 0 fully saturated rings. The van der Waals surface area contributed by atoms with Gasteiger partial charge < -0.3 is 10.2 Å². The first-order valence-corrected chi connectivity index (χ1v) is 7.91. The number of hydrogen-bond acceptors (Lipinski definition) is 4. The van der Waals surface area contributed by atoms with Gasteiger partial charge in [-0.05, 0) is 25.0 Å². The lowest BCUT2D eigenvalue weighted by molar-refractivity contribution is -0.384. The third-order valence-electron chi connectivity index (χ3n) is 4.23. The summed E-state index contributed by atoms with van der Waals surface area (Å²) in [5, 5.41) is 14.2. The molecule has 1 aliphatic rings. The summed E-state index contributed by atoms with van der Waals surface area (Å²) in [6.07, 6.45) is 0.754. The molecule has 24 heavy (non-hydrogen) atoms. The number of benzene rings is 2. The molecule has 1 aliphatic heterocycles. The first kappa shape index (κ1) is 16.0. The molecule has 1 unspecified atom stereocenters. The van der Waals surface area contributed by atoms with Crippen LogP contribution in [0.4, 0.5) is 11.4 Å². The van der Waals surface area contributed by atoms with Crippen LogP contribution in [0, 0.1) is 10.1 Å². The molecule has 0 saturated carbocycles. The van der Waals surface area contributed by atoms with Crippen LogP contribution in [0.2, 0.25) is 0 Å². The Balaban J connectivity index is 1.82. The highest BCUT2D eigenvalue weighted by Gasteiger charge is 2.26. The maximum atomic E-state index is 12.6. The maximum Gasteiger partial charge on any atom is 0.269 e. The zero-order valence-corrected chi connectivity index (χ0v) is 13.4. The summed E-state index contributed by atoms with van der Waals surface area (Å²) >= 11 is 0. The van der Waals surface area contributed by atoms with E-state index in [2.05, 4.69) is 5.32 Å². The number of rotatable bonds is 4. The molecule has 0 bridgehead atoms. The van der Waals surface area contributed by atoms with Crippen molar-refractivity contribution in [3.8, 4) is 0 Å². The molecule has 0 spiro atoms. The number of nitrogens with one attached hydrogen (secondary N) is 1. The Hall–Kier alpha value is -2.89. The Bertz CT molecular complexity index is 761. The van der Waals surface area contributed by atoms with Crippen LogP contribution >= 0.6 is 0 Å². The summed E-state index contributed by atoms with van der Waals surface area (Å²) in [6, 6.07) is 14.3. The van der Waals surface area contributed by atoms with Crippen LogP contribution in [-0.2, 0) is 17.8 Å². The molecule has 2 aromatic carbocycles. The molecule has 2 aromatic rings. The predicted octanol–water partition coefficient (Wildman–Crippen LogP) is 2.98. The molecule has 1 heterocycles. The Morgan fingerprint density at radius 3 is 2.71 bits per heavy atom. The quantitative estimate of drug-likeness (QED) is 0.692. The minimum Gasteiger partial charge on any atom is -0.374 e.